The maximum Gasteiger partial charge on any atom is 0.292 e. The average Bonchev–Trinajstić information content (AvgIpc) is 2.17. The highest BCUT2D eigenvalue weighted by molar-refractivity contribution is 6.72. The van der Waals surface area contributed by atoms with E-state index in [2.05, 4.69) is 26.9 Å². The summed E-state index contributed by atoms with van der Waals surface area (Å²) in [6, 6.07) is 1.01. The topological polar surface area (TPSA) is 26.3 Å². The molecule has 0 amide bonds. The van der Waals surface area contributed by atoms with Crippen LogP contribution in [0.2, 0.25) is 19.1 Å². The number of hydrogen-bond donors (Lipinski definition) is 0. The predicted octanol–water partition coefficient (Wildman–Crippen LogP) is 4.12. The molecule has 0 aromatic heterocycles. The first-order valence-corrected chi connectivity index (χ1v) is 9.35. The van der Waals surface area contributed by atoms with Gasteiger partial charge in [0, 0.05) is 6.42 Å². The predicted molar refractivity (Wildman–Crippen MR) is 67.4 cm³/mol. The van der Waals surface area contributed by atoms with E-state index in [-0.39, 0.29) is 5.97 Å². The Bertz CT molecular complexity index is 178. The third-order valence-electron chi connectivity index (χ3n) is 2.73. The zero-order valence-corrected chi connectivity index (χ0v) is 11.8. The van der Waals surface area contributed by atoms with Crippen LogP contribution in [0.1, 0.15) is 52.4 Å². The Labute approximate surface area is 95.5 Å². The van der Waals surface area contributed by atoms with Crippen molar-refractivity contribution in [1.82, 2.24) is 0 Å². The molecule has 0 aliphatic rings. The number of rotatable bonds is 8. The minimum atomic E-state index is -1.67. The van der Waals surface area contributed by atoms with Gasteiger partial charge in [0.05, 0.1) is 0 Å². The van der Waals surface area contributed by atoms with E-state index in [9.17, 15) is 4.79 Å². The van der Waals surface area contributed by atoms with Crippen molar-refractivity contribution < 1.29 is 9.22 Å². The second-order valence-corrected chi connectivity index (χ2v) is 9.18. The minimum absolute atomic E-state index is 0.0185. The maximum atomic E-state index is 11.5. The van der Waals surface area contributed by atoms with Gasteiger partial charge in [0.2, 0.25) is 8.32 Å². The SMILES string of the molecule is CCCCCCCC(=O)O[Si](C)(C)CC. The Morgan fingerprint density at radius 1 is 1.07 bits per heavy atom. The van der Waals surface area contributed by atoms with Crippen molar-refractivity contribution in [3.63, 3.8) is 0 Å². The van der Waals surface area contributed by atoms with E-state index < -0.39 is 8.32 Å². The zero-order chi connectivity index (χ0) is 11.7. The van der Waals surface area contributed by atoms with Crippen LogP contribution in [0.25, 0.3) is 0 Å². The monoisotopic (exact) mass is 230 g/mol. The highest BCUT2D eigenvalue weighted by atomic mass is 28.4. The summed E-state index contributed by atoms with van der Waals surface area (Å²) in [7, 11) is -1.67. The van der Waals surface area contributed by atoms with Crippen LogP contribution >= 0.6 is 0 Å². The van der Waals surface area contributed by atoms with E-state index in [0.717, 1.165) is 18.9 Å². The quantitative estimate of drug-likeness (QED) is 0.463. The number of unbranched alkanes of at least 4 members (excludes halogenated alkanes) is 4. The number of carbonyl (C=O) groups is 1. The molecule has 0 aromatic carbocycles. The summed E-state index contributed by atoms with van der Waals surface area (Å²) < 4.78 is 5.49. The van der Waals surface area contributed by atoms with Gasteiger partial charge in [-0.3, -0.25) is 4.79 Å². The molecule has 0 spiro atoms. The van der Waals surface area contributed by atoms with E-state index in [1.807, 2.05) is 0 Å². The second kappa shape index (κ2) is 7.91. The maximum absolute atomic E-state index is 11.5. The molecular formula is C12H26O2Si. The minimum Gasteiger partial charge on any atom is -0.520 e. The highest BCUT2D eigenvalue weighted by Crippen LogP contribution is 2.13. The van der Waals surface area contributed by atoms with Crippen molar-refractivity contribution in [2.75, 3.05) is 0 Å². The lowest BCUT2D eigenvalue weighted by atomic mass is 10.1. The van der Waals surface area contributed by atoms with Crippen LogP contribution in [0.3, 0.4) is 0 Å². The summed E-state index contributed by atoms with van der Waals surface area (Å²) in [6.07, 6.45) is 6.55. The summed E-state index contributed by atoms with van der Waals surface area (Å²) >= 11 is 0. The molecule has 0 aliphatic heterocycles. The lowest BCUT2D eigenvalue weighted by Crippen LogP contribution is -2.32. The van der Waals surface area contributed by atoms with Gasteiger partial charge in [-0.1, -0.05) is 39.5 Å². The van der Waals surface area contributed by atoms with Gasteiger partial charge in [-0.2, -0.15) is 0 Å². The number of hydrogen-bond acceptors (Lipinski definition) is 2. The normalized spacial score (nSPS) is 11.5. The standard InChI is InChI=1S/C12H26O2Si/c1-5-7-8-9-10-11-12(13)14-15(3,4)6-2/h5-11H2,1-4H3. The van der Waals surface area contributed by atoms with Crippen molar-refractivity contribution in [3.05, 3.63) is 0 Å². The summed E-state index contributed by atoms with van der Waals surface area (Å²) in [5.74, 6) is 0.0185. The van der Waals surface area contributed by atoms with Gasteiger partial charge in [-0.25, -0.2) is 0 Å². The first-order chi connectivity index (χ1) is 7.02. The Morgan fingerprint density at radius 3 is 2.20 bits per heavy atom. The fourth-order valence-corrected chi connectivity index (χ4v) is 2.17. The van der Waals surface area contributed by atoms with Crippen molar-refractivity contribution in [3.8, 4) is 0 Å². The molecule has 0 radical (unpaired) electrons. The third-order valence-corrected chi connectivity index (χ3v) is 5.21. The van der Waals surface area contributed by atoms with Crippen LogP contribution in [-0.4, -0.2) is 14.3 Å². The first-order valence-electron chi connectivity index (χ1n) is 6.23. The van der Waals surface area contributed by atoms with Crippen LogP contribution in [0.15, 0.2) is 0 Å². The van der Waals surface area contributed by atoms with Crippen molar-refractivity contribution in [2.45, 2.75) is 71.5 Å². The molecule has 0 N–H and O–H groups in total. The molecule has 0 unspecified atom stereocenters. The smallest absolute Gasteiger partial charge is 0.292 e. The van der Waals surface area contributed by atoms with Crippen LogP contribution in [-0.2, 0) is 9.22 Å². The van der Waals surface area contributed by atoms with Crippen LogP contribution in [0.5, 0.6) is 0 Å². The molecule has 15 heavy (non-hydrogen) atoms. The molecule has 0 heterocycles. The molecule has 0 atom stereocenters. The lowest BCUT2D eigenvalue weighted by Gasteiger charge is -2.20. The summed E-state index contributed by atoms with van der Waals surface area (Å²) in [5.41, 5.74) is 0. The molecule has 90 valence electrons. The van der Waals surface area contributed by atoms with Gasteiger partial charge in [-0.05, 0) is 25.6 Å². The first kappa shape index (κ1) is 14.7. The van der Waals surface area contributed by atoms with E-state index in [1.54, 1.807) is 0 Å². The van der Waals surface area contributed by atoms with Gasteiger partial charge in [0.25, 0.3) is 5.97 Å². The molecule has 2 nitrogen and oxygen atoms in total. The summed E-state index contributed by atoms with van der Waals surface area (Å²) in [5, 5.41) is 0. The number of carbonyl (C=O) groups excluding carboxylic acids is 1. The van der Waals surface area contributed by atoms with E-state index in [1.165, 1.54) is 19.3 Å². The van der Waals surface area contributed by atoms with Gasteiger partial charge in [-0.15, -0.1) is 0 Å². The molecule has 0 fully saturated rings. The van der Waals surface area contributed by atoms with E-state index in [4.69, 9.17) is 4.43 Å². The van der Waals surface area contributed by atoms with Crippen molar-refractivity contribution in [1.29, 1.82) is 0 Å². The fourth-order valence-electron chi connectivity index (χ4n) is 1.30. The van der Waals surface area contributed by atoms with Crippen LogP contribution in [0, 0.1) is 0 Å². The average molecular weight is 230 g/mol. The zero-order valence-electron chi connectivity index (χ0n) is 10.8. The Balaban J connectivity index is 3.49. The summed E-state index contributed by atoms with van der Waals surface area (Å²) in [6.45, 7) is 8.49. The molecule has 0 aliphatic carbocycles. The molecular weight excluding hydrogens is 204 g/mol. The molecule has 0 saturated heterocycles. The van der Waals surface area contributed by atoms with Crippen LogP contribution < -0.4 is 0 Å². The van der Waals surface area contributed by atoms with Gasteiger partial charge in [0.1, 0.15) is 0 Å². The lowest BCUT2D eigenvalue weighted by molar-refractivity contribution is -0.135. The Kier molecular flexibility index (Phi) is 7.75. The second-order valence-electron chi connectivity index (χ2n) is 4.75. The van der Waals surface area contributed by atoms with Crippen molar-refractivity contribution in [2.24, 2.45) is 0 Å². The molecule has 0 rings (SSSR count). The fraction of sp³-hybridized carbons (Fsp3) is 0.917. The Morgan fingerprint density at radius 2 is 1.67 bits per heavy atom. The third kappa shape index (κ3) is 8.67. The molecule has 0 aromatic rings. The van der Waals surface area contributed by atoms with Crippen molar-refractivity contribution >= 4 is 14.3 Å². The van der Waals surface area contributed by atoms with Gasteiger partial charge < -0.3 is 4.43 Å². The highest BCUT2D eigenvalue weighted by Gasteiger charge is 2.23. The van der Waals surface area contributed by atoms with Crippen LogP contribution in [0.4, 0.5) is 0 Å². The van der Waals surface area contributed by atoms with Gasteiger partial charge >= 0.3 is 0 Å². The van der Waals surface area contributed by atoms with E-state index in [0.29, 0.717) is 6.42 Å². The van der Waals surface area contributed by atoms with Gasteiger partial charge in [0.15, 0.2) is 0 Å². The Hall–Kier alpha value is -0.313. The molecule has 3 heteroatoms. The van der Waals surface area contributed by atoms with E-state index >= 15 is 0 Å². The molecule has 0 saturated carbocycles. The largest absolute Gasteiger partial charge is 0.520 e. The molecule has 0 bridgehead atoms. The summed E-state index contributed by atoms with van der Waals surface area (Å²) in [4.78, 5) is 11.5.